The summed E-state index contributed by atoms with van der Waals surface area (Å²) in [6, 6.07) is 14.5. The first-order chi connectivity index (χ1) is 10.9. The Labute approximate surface area is 152 Å². The molecule has 2 nitrogen and oxygen atoms in total. The maximum absolute atomic E-state index is 10.8. The largest absolute Gasteiger partial charge is 0.507 e. The summed E-state index contributed by atoms with van der Waals surface area (Å²) in [7, 11) is 0. The van der Waals surface area contributed by atoms with Crippen LogP contribution in [0.5, 0.6) is 5.75 Å². The Hall–Kier alpha value is -1.51. The van der Waals surface area contributed by atoms with Crippen LogP contribution in [0.25, 0.3) is 11.1 Å². The lowest BCUT2D eigenvalue weighted by Gasteiger charge is -2.25. The van der Waals surface area contributed by atoms with Crippen LogP contribution in [0.2, 0.25) is 0 Å². The molecule has 0 heterocycles. The fourth-order valence-electron chi connectivity index (χ4n) is 2.77. The summed E-state index contributed by atoms with van der Waals surface area (Å²) in [6.45, 7) is 13.7. The summed E-state index contributed by atoms with van der Waals surface area (Å²) in [5.74, 6) is 0.413. The van der Waals surface area contributed by atoms with Crippen LogP contribution in [-0.4, -0.2) is 23.1 Å². The molecule has 0 atom stereocenters. The third-order valence-corrected chi connectivity index (χ3v) is 4.43. The number of hydrogen-bond acceptors (Lipinski definition) is 2. The molecule has 0 saturated carbocycles. The first kappa shape index (κ1) is 20.5. The van der Waals surface area contributed by atoms with Crippen LogP contribution in [0.3, 0.4) is 0 Å². The Morgan fingerprint density at radius 2 is 1.54 bits per heavy atom. The topological polar surface area (TPSA) is 23.5 Å². The van der Waals surface area contributed by atoms with Gasteiger partial charge in [-0.05, 0) is 35.7 Å². The molecule has 0 radical (unpaired) electrons. The minimum Gasteiger partial charge on any atom is -0.507 e. The van der Waals surface area contributed by atoms with Gasteiger partial charge in [0.15, 0.2) is 0 Å². The normalized spacial score (nSPS) is 11.4. The van der Waals surface area contributed by atoms with Gasteiger partial charge < -0.3 is 5.11 Å². The molecule has 0 unspecified atom stereocenters. The second kappa shape index (κ2) is 8.55. The van der Waals surface area contributed by atoms with Crippen LogP contribution < -0.4 is 0 Å². The van der Waals surface area contributed by atoms with Crippen molar-refractivity contribution < 1.29 is 5.11 Å². The number of rotatable bonds is 5. The highest BCUT2D eigenvalue weighted by molar-refractivity contribution is 5.85. The van der Waals surface area contributed by atoms with Gasteiger partial charge in [0, 0.05) is 17.7 Å². The molecular formula is C21H30ClNO. The highest BCUT2D eigenvalue weighted by atomic mass is 35.5. The van der Waals surface area contributed by atoms with E-state index in [1.807, 2.05) is 18.2 Å². The van der Waals surface area contributed by atoms with E-state index in [1.54, 1.807) is 0 Å². The summed E-state index contributed by atoms with van der Waals surface area (Å²) in [6.07, 6.45) is 0. The fraction of sp³-hybridized carbons (Fsp3) is 0.429. The Morgan fingerprint density at radius 1 is 0.958 bits per heavy atom. The van der Waals surface area contributed by atoms with E-state index in [9.17, 15) is 5.11 Å². The maximum atomic E-state index is 10.8. The van der Waals surface area contributed by atoms with Crippen LogP contribution in [0.4, 0.5) is 0 Å². The minimum absolute atomic E-state index is 0. The first-order valence-electron chi connectivity index (χ1n) is 8.51. The van der Waals surface area contributed by atoms with Gasteiger partial charge in [0.1, 0.15) is 5.75 Å². The molecule has 0 amide bonds. The van der Waals surface area contributed by atoms with Gasteiger partial charge in [-0.15, -0.1) is 12.4 Å². The van der Waals surface area contributed by atoms with E-state index in [2.05, 4.69) is 63.8 Å². The zero-order valence-corrected chi connectivity index (χ0v) is 16.3. The molecule has 1 N–H and O–H groups in total. The predicted molar refractivity (Wildman–Crippen MR) is 106 cm³/mol. The van der Waals surface area contributed by atoms with Crippen molar-refractivity contribution in [2.75, 3.05) is 13.1 Å². The summed E-state index contributed by atoms with van der Waals surface area (Å²) in [4.78, 5) is 2.33. The maximum Gasteiger partial charge on any atom is 0.127 e. The molecule has 0 spiro atoms. The predicted octanol–water partition coefficient (Wildman–Crippen LogP) is 5.62. The van der Waals surface area contributed by atoms with Crippen molar-refractivity contribution in [1.82, 2.24) is 4.90 Å². The highest BCUT2D eigenvalue weighted by Crippen LogP contribution is 2.37. The van der Waals surface area contributed by atoms with E-state index >= 15 is 0 Å². The lowest BCUT2D eigenvalue weighted by atomic mass is 9.83. The van der Waals surface area contributed by atoms with Gasteiger partial charge in [0.25, 0.3) is 0 Å². The number of hydrogen-bond donors (Lipinski definition) is 1. The van der Waals surface area contributed by atoms with Crippen molar-refractivity contribution in [3.05, 3.63) is 53.6 Å². The van der Waals surface area contributed by atoms with Gasteiger partial charge in [-0.2, -0.15) is 0 Å². The molecular weight excluding hydrogens is 318 g/mol. The molecule has 2 rings (SSSR count). The second-order valence-corrected chi connectivity index (χ2v) is 7.11. The van der Waals surface area contributed by atoms with E-state index in [0.29, 0.717) is 5.75 Å². The molecule has 0 aliphatic rings. The van der Waals surface area contributed by atoms with Crippen molar-refractivity contribution >= 4 is 12.4 Å². The van der Waals surface area contributed by atoms with Gasteiger partial charge in [0.2, 0.25) is 0 Å². The Kier molecular flexibility index (Phi) is 7.31. The molecule has 132 valence electrons. The van der Waals surface area contributed by atoms with Crippen LogP contribution in [-0.2, 0) is 12.0 Å². The molecule has 0 saturated heterocycles. The SMILES string of the molecule is CCN(CC)Cc1cc(C(C)(C)C)cc(-c2ccccc2)c1O.Cl. The van der Waals surface area contributed by atoms with Crippen molar-refractivity contribution in [2.45, 2.75) is 46.6 Å². The molecule has 0 aliphatic carbocycles. The molecule has 2 aromatic carbocycles. The van der Waals surface area contributed by atoms with Gasteiger partial charge in [0.05, 0.1) is 0 Å². The lowest BCUT2D eigenvalue weighted by molar-refractivity contribution is 0.290. The lowest BCUT2D eigenvalue weighted by Crippen LogP contribution is -2.23. The Balaban J connectivity index is 0.00000288. The van der Waals surface area contributed by atoms with Crippen LogP contribution >= 0.6 is 12.4 Å². The standard InChI is InChI=1S/C21H29NO.ClH/c1-6-22(7-2)15-17-13-18(21(3,4)5)14-19(20(17)23)16-11-9-8-10-12-16;/h8-14,23H,6-7,15H2,1-5H3;1H. The average Bonchev–Trinajstić information content (AvgIpc) is 2.53. The second-order valence-electron chi connectivity index (χ2n) is 7.11. The highest BCUT2D eigenvalue weighted by Gasteiger charge is 2.20. The third kappa shape index (κ3) is 4.75. The number of aromatic hydroxyl groups is 1. The van der Waals surface area contributed by atoms with E-state index in [0.717, 1.165) is 36.3 Å². The summed E-state index contributed by atoms with van der Waals surface area (Å²) < 4.78 is 0. The van der Waals surface area contributed by atoms with Crippen LogP contribution in [0.15, 0.2) is 42.5 Å². The summed E-state index contributed by atoms with van der Waals surface area (Å²) in [5.41, 5.74) is 4.32. The number of phenolic OH excluding ortho intramolecular Hbond substituents is 1. The number of halogens is 1. The third-order valence-electron chi connectivity index (χ3n) is 4.43. The minimum atomic E-state index is 0. The average molecular weight is 348 g/mol. The van der Waals surface area contributed by atoms with Crippen LogP contribution in [0.1, 0.15) is 45.7 Å². The summed E-state index contributed by atoms with van der Waals surface area (Å²) in [5, 5.41) is 10.8. The van der Waals surface area contributed by atoms with Crippen molar-refractivity contribution in [3.8, 4) is 16.9 Å². The van der Waals surface area contributed by atoms with E-state index in [-0.39, 0.29) is 17.8 Å². The van der Waals surface area contributed by atoms with E-state index < -0.39 is 0 Å². The Bertz CT molecular complexity index is 643. The van der Waals surface area contributed by atoms with Crippen molar-refractivity contribution in [2.24, 2.45) is 0 Å². The smallest absolute Gasteiger partial charge is 0.127 e. The molecule has 3 heteroatoms. The monoisotopic (exact) mass is 347 g/mol. The molecule has 0 aromatic heterocycles. The zero-order chi connectivity index (χ0) is 17.0. The summed E-state index contributed by atoms with van der Waals surface area (Å²) >= 11 is 0. The van der Waals surface area contributed by atoms with Gasteiger partial charge in [-0.1, -0.05) is 71.0 Å². The van der Waals surface area contributed by atoms with Gasteiger partial charge in [-0.25, -0.2) is 0 Å². The van der Waals surface area contributed by atoms with Crippen molar-refractivity contribution in [1.29, 1.82) is 0 Å². The van der Waals surface area contributed by atoms with E-state index in [4.69, 9.17) is 0 Å². The molecule has 24 heavy (non-hydrogen) atoms. The van der Waals surface area contributed by atoms with Gasteiger partial charge in [-0.3, -0.25) is 4.90 Å². The zero-order valence-electron chi connectivity index (χ0n) is 15.5. The van der Waals surface area contributed by atoms with Crippen molar-refractivity contribution in [3.63, 3.8) is 0 Å². The molecule has 2 aromatic rings. The molecule has 0 bridgehead atoms. The number of phenols is 1. The first-order valence-corrected chi connectivity index (χ1v) is 8.51. The quantitative estimate of drug-likeness (QED) is 0.758. The van der Waals surface area contributed by atoms with E-state index in [1.165, 1.54) is 5.56 Å². The fourth-order valence-corrected chi connectivity index (χ4v) is 2.77. The molecule has 0 fully saturated rings. The van der Waals surface area contributed by atoms with Gasteiger partial charge >= 0.3 is 0 Å². The number of benzene rings is 2. The molecule has 0 aliphatic heterocycles. The number of nitrogens with zero attached hydrogens (tertiary/aromatic N) is 1. The van der Waals surface area contributed by atoms with Crippen LogP contribution in [0, 0.1) is 0 Å². The Morgan fingerprint density at radius 3 is 2.04 bits per heavy atom.